The molecule has 1 aliphatic rings. The predicted octanol–water partition coefficient (Wildman–Crippen LogP) is -0.724. The Kier molecular flexibility index (Phi) is 2.45. The zero-order valence-electron chi connectivity index (χ0n) is 5.72. The largest absolute Gasteiger partial charge is 0.377 e. The van der Waals surface area contributed by atoms with E-state index in [0.29, 0.717) is 12.6 Å². The molecule has 2 unspecified atom stereocenters. The Hall–Kier alpha value is -0.120. The van der Waals surface area contributed by atoms with E-state index in [1.165, 1.54) is 0 Å². The van der Waals surface area contributed by atoms with Gasteiger partial charge in [0.25, 0.3) is 0 Å². The minimum absolute atomic E-state index is 0.340. The van der Waals surface area contributed by atoms with Crippen LogP contribution in [0.1, 0.15) is 13.3 Å². The maximum Gasteiger partial charge on any atom is 0.117 e. The quantitative estimate of drug-likeness (QED) is 0.439. The second-order valence-electron chi connectivity index (χ2n) is 2.44. The first-order valence-electron chi connectivity index (χ1n) is 3.47. The lowest BCUT2D eigenvalue weighted by atomic mass is 10.2. The van der Waals surface area contributed by atoms with Gasteiger partial charge in [0.1, 0.15) is 6.23 Å². The van der Waals surface area contributed by atoms with Gasteiger partial charge in [0, 0.05) is 19.1 Å². The van der Waals surface area contributed by atoms with Crippen molar-refractivity contribution in [2.75, 3.05) is 13.1 Å². The molecule has 54 valence electrons. The van der Waals surface area contributed by atoms with Crippen LogP contribution in [0, 0.1) is 0 Å². The number of aliphatic hydroxyl groups excluding tert-OH is 1. The molecule has 9 heavy (non-hydrogen) atoms. The third-order valence-corrected chi connectivity index (χ3v) is 1.69. The number of piperazine rings is 1. The minimum atomic E-state index is -0.340. The Labute approximate surface area is 55.5 Å². The van der Waals surface area contributed by atoms with Crippen LogP contribution in [-0.2, 0) is 0 Å². The minimum Gasteiger partial charge on any atom is -0.377 e. The number of β-amino-alcohol motifs (C(OH)–C–C–N with tert-alkyl or cyclic N) is 1. The second-order valence-corrected chi connectivity index (χ2v) is 2.44. The number of aliphatic hydroxyl groups is 1. The summed E-state index contributed by atoms with van der Waals surface area (Å²) < 4.78 is 0. The molecule has 0 aromatic carbocycles. The first-order valence-corrected chi connectivity index (χ1v) is 3.47. The fourth-order valence-corrected chi connectivity index (χ4v) is 0.990. The van der Waals surface area contributed by atoms with E-state index in [9.17, 15) is 0 Å². The van der Waals surface area contributed by atoms with Gasteiger partial charge in [0.05, 0.1) is 0 Å². The average molecular weight is 130 g/mol. The molecule has 0 amide bonds. The van der Waals surface area contributed by atoms with Gasteiger partial charge in [0.15, 0.2) is 0 Å². The first kappa shape index (κ1) is 6.99. The van der Waals surface area contributed by atoms with Crippen LogP contribution >= 0.6 is 0 Å². The third-order valence-electron chi connectivity index (χ3n) is 1.69. The summed E-state index contributed by atoms with van der Waals surface area (Å²) in [6, 6.07) is 0.549. The third kappa shape index (κ3) is 1.93. The molecule has 0 aromatic rings. The van der Waals surface area contributed by atoms with Crippen LogP contribution in [0.2, 0.25) is 0 Å². The van der Waals surface area contributed by atoms with Crippen LogP contribution in [-0.4, -0.2) is 30.5 Å². The maximum absolute atomic E-state index is 8.95. The van der Waals surface area contributed by atoms with Gasteiger partial charge in [-0.25, -0.2) is 0 Å². The van der Waals surface area contributed by atoms with Crippen molar-refractivity contribution in [2.45, 2.75) is 25.6 Å². The topological polar surface area (TPSA) is 44.3 Å². The molecule has 1 aliphatic heterocycles. The van der Waals surface area contributed by atoms with Gasteiger partial charge in [-0.05, 0) is 6.42 Å². The number of hydrogen-bond donors (Lipinski definition) is 3. The molecule has 2 atom stereocenters. The molecule has 0 aromatic heterocycles. The molecule has 1 fully saturated rings. The highest BCUT2D eigenvalue weighted by molar-refractivity contribution is 4.75. The SMILES string of the molecule is CCC1CNC(O)CN1. The molecule has 0 radical (unpaired) electrons. The van der Waals surface area contributed by atoms with E-state index in [-0.39, 0.29) is 6.23 Å². The highest BCUT2D eigenvalue weighted by atomic mass is 16.3. The summed E-state index contributed by atoms with van der Waals surface area (Å²) in [5.41, 5.74) is 0. The normalized spacial score (nSPS) is 36.7. The second kappa shape index (κ2) is 3.15. The summed E-state index contributed by atoms with van der Waals surface area (Å²) in [5, 5.41) is 15.1. The summed E-state index contributed by atoms with van der Waals surface area (Å²) in [7, 11) is 0. The van der Waals surface area contributed by atoms with E-state index in [0.717, 1.165) is 13.0 Å². The van der Waals surface area contributed by atoms with Crippen molar-refractivity contribution in [1.29, 1.82) is 0 Å². The Morgan fingerprint density at radius 3 is 2.67 bits per heavy atom. The molecule has 0 bridgehead atoms. The predicted molar refractivity (Wildman–Crippen MR) is 36.1 cm³/mol. The van der Waals surface area contributed by atoms with Gasteiger partial charge in [-0.3, -0.25) is 5.32 Å². The summed E-state index contributed by atoms with van der Waals surface area (Å²) in [5.74, 6) is 0. The van der Waals surface area contributed by atoms with Crippen molar-refractivity contribution >= 4 is 0 Å². The highest BCUT2D eigenvalue weighted by Gasteiger charge is 2.14. The van der Waals surface area contributed by atoms with Crippen molar-refractivity contribution < 1.29 is 5.11 Å². The summed E-state index contributed by atoms with van der Waals surface area (Å²) in [6.07, 6.45) is 0.785. The Morgan fingerprint density at radius 1 is 1.44 bits per heavy atom. The van der Waals surface area contributed by atoms with Crippen molar-refractivity contribution in [3.8, 4) is 0 Å². The van der Waals surface area contributed by atoms with Gasteiger partial charge < -0.3 is 10.4 Å². The number of nitrogens with one attached hydrogen (secondary N) is 2. The Morgan fingerprint density at radius 2 is 2.22 bits per heavy atom. The van der Waals surface area contributed by atoms with Crippen molar-refractivity contribution in [1.82, 2.24) is 10.6 Å². The van der Waals surface area contributed by atoms with Gasteiger partial charge in [-0.15, -0.1) is 0 Å². The average Bonchev–Trinajstić information content (AvgIpc) is 1.90. The standard InChI is InChI=1S/C6H14N2O/c1-2-5-3-8-6(9)4-7-5/h5-9H,2-4H2,1H3. The molecule has 1 heterocycles. The molecule has 3 nitrogen and oxygen atoms in total. The molecule has 1 rings (SSSR count). The zero-order chi connectivity index (χ0) is 6.69. The van der Waals surface area contributed by atoms with E-state index in [1.807, 2.05) is 0 Å². The molecule has 3 N–H and O–H groups in total. The van der Waals surface area contributed by atoms with Crippen molar-refractivity contribution in [2.24, 2.45) is 0 Å². The van der Waals surface area contributed by atoms with Crippen LogP contribution in [0.4, 0.5) is 0 Å². The highest BCUT2D eigenvalue weighted by Crippen LogP contribution is 1.93. The van der Waals surface area contributed by atoms with Crippen LogP contribution < -0.4 is 10.6 Å². The molecule has 3 heteroatoms. The van der Waals surface area contributed by atoms with E-state index in [2.05, 4.69) is 17.6 Å². The fourth-order valence-electron chi connectivity index (χ4n) is 0.990. The maximum atomic E-state index is 8.95. The van der Waals surface area contributed by atoms with E-state index in [1.54, 1.807) is 0 Å². The van der Waals surface area contributed by atoms with Gasteiger partial charge in [-0.1, -0.05) is 6.92 Å². The first-order chi connectivity index (χ1) is 4.33. The van der Waals surface area contributed by atoms with Crippen molar-refractivity contribution in [3.63, 3.8) is 0 Å². The lowest BCUT2D eigenvalue weighted by molar-refractivity contribution is 0.105. The van der Waals surface area contributed by atoms with Gasteiger partial charge in [-0.2, -0.15) is 0 Å². The van der Waals surface area contributed by atoms with Crippen LogP contribution in [0.5, 0.6) is 0 Å². The van der Waals surface area contributed by atoms with E-state index in [4.69, 9.17) is 5.11 Å². The Balaban J connectivity index is 2.18. The zero-order valence-corrected chi connectivity index (χ0v) is 5.72. The smallest absolute Gasteiger partial charge is 0.117 e. The van der Waals surface area contributed by atoms with Crippen LogP contribution in [0.15, 0.2) is 0 Å². The molecular formula is C6H14N2O. The number of hydrogen-bond acceptors (Lipinski definition) is 3. The van der Waals surface area contributed by atoms with Crippen LogP contribution in [0.3, 0.4) is 0 Å². The van der Waals surface area contributed by atoms with Gasteiger partial charge >= 0.3 is 0 Å². The Bertz CT molecular complexity index is 79.1. The molecule has 0 aliphatic carbocycles. The van der Waals surface area contributed by atoms with Gasteiger partial charge in [0.2, 0.25) is 0 Å². The van der Waals surface area contributed by atoms with E-state index < -0.39 is 0 Å². The molecule has 1 saturated heterocycles. The monoisotopic (exact) mass is 130 g/mol. The lowest BCUT2D eigenvalue weighted by Gasteiger charge is -2.27. The number of rotatable bonds is 1. The van der Waals surface area contributed by atoms with Crippen molar-refractivity contribution in [3.05, 3.63) is 0 Å². The van der Waals surface area contributed by atoms with E-state index >= 15 is 0 Å². The molecule has 0 spiro atoms. The molecular weight excluding hydrogens is 116 g/mol. The molecule has 0 saturated carbocycles. The lowest BCUT2D eigenvalue weighted by Crippen LogP contribution is -2.53. The summed E-state index contributed by atoms with van der Waals surface area (Å²) in [4.78, 5) is 0. The summed E-state index contributed by atoms with van der Waals surface area (Å²) >= 11 is 0. The summed E-state index contributed by atoms with van der Waals surface area (Å²) in [6.45, 7) is 3.70. The van der Waals surface area contributed by atoms with Crippen LogP contribution in [0.25, 0.3) is 0 Å². The fraction of sp³-hybridized carbons (Fsp3) is 1.00.